The van der Waals surface area contributed by atoms with Crippen LogP contribution in [0.5, 0.6) is 0 Å². The van der Waals surface area contributed by atoms with E-state index in [0.29, 0.717) is 16.3 Å². The third-order valence-electron chi connectivity index (χ3n) is 2.30. The summed E-state index contributed by atoms with van der Waals surface area (Å²) in [5, 5.41) is 5.75. The van der Waals surface area contributed by atoms with E-state index in [1.54, 1.807) is 0 Å². The molecule has 0 radical (unpaired) electrons. The van der Waals surface area contributed by atoms with Gasteiger partial charge in [-0.3, -0.25) is 9.67 Å². The molecule has 0 aliphatic rings. The average molecular weight is 256 g/mol. The highest BCUT2D eigenvalue weighted by Crippen LogP contribution is 2.10. The Kier molecular flexibility index (Phi) is 3.26. The minimum atomic E-state index is -0.209. The molecule has 2 N–H and O–H groups in total. The van der Waals surface area contributed by atoms with E-state index in [9.17, 15) is 4.79 Å². The second-order valence-electron chi connectivity index (χ2n) is 3.39. The first-order chi connectivity index (χ1) is 7.66. The van der Waals surface area contributed by atoms with E-state index in [1.165, 1.54) is 4.57 Å². The zero-order valence-electron chi connectivity index (χ0n) is 8.37. The molecule has 0 atom stereocenters. The number of halogens is 1. The first kappa shape index (κ1) is 11.2. The Balaban J connectivity index is 2.11. The Morgan fingerprint density at radius 2 is 1.94 bits per heavy atom. The summed E-state index contributed by atoms with van der Waals surface area (Å²) in [7, 11) is 0. The molecule has 4 nitrogen and oxygen atoms in total. The van der Waals surface area contributed by atoms with E-state index < -0.39 is 0 Å². The van der Waals surface area contributed by atoms with Gasteiger partial charge in [-0.2, -0.15) is 0 Å². The average Bonchev–Trinajstić information content (AvgIpc) is 2.59. The van der Waals surface area contributed by atoms with Crippen LogP contribution in [0, 0.1) is 4.77 Å². The molecule has 2 aromatic rings. The molecule has 0 bridgehead atoms. The molecule has 84 valence electrons. The van der Waals surface area contributed by atoms with Crippen molar-refractivity contribution in [2.24, 2.45) is 0 Å². The van der Waals surface area contributed by atoms with Crippen LogP contribution < -0.4 is 5.69 Å². The molecular weight excluding hydrogens is 246 g/mol. The number of aromatic amines is 2. The lowest BCUT2D eigenvalue weighted by molar-refractivity contribution is 0.663. The van der Waals surface area contributed by atoms with Gasteiger partial charge in [0, 0.05) is 11.6 Å². The summed E-state index contributed by atoms with van der Waals surface area (Å²) in [6.45, 7) is 0.555. The summed E-state index contributed by atoms with van der Waals surface area (Å²) in [6, 6.07) is 7.54. The fourth-order valence-corrected chi connectivity index (χ4v) is 1.78. The molecule has 1 heterocycles. The number of nitrogens with zero attached hydrogens (tertiary/aromatic N) is 1. The van der Waals surface area contributed by atoms with Crippen LogP contribution in [0.1, 0.15) is 5.56 Å². The van der Waals surface area contributed by atoms with Crippen LogP contribution in [0.2, 0.25) is 5.02 Å². The number of rotatable bonds is 3. The standard InChI is InChI=1S/C10H10ClN3OS/c11-8-3-1-7(2-4-8)5-6-14-9(15)12-13-10(14)16/h1-4H,5-6H2,(H,12,15)(H,13,16). The van der Waals surface area contributed by atoms with Gasteiger partial charge in [0.1, 0.15) is 0 Å². The summed E-state index contributed by atoms with van der Waals surface area (Å²) in [4.78, 5) is 11.3. The maximum absolute atomic E-state index is 11.3. The van der Waals surface area contributed by atoms with Crippen molar-refractivity contribution in [3.05, 3.63) is 50.1 Å². The van der Waals surface area contributed by atoms with Crippen molar-refractivity contribution in [1.82, 2.24) is 14.8 Å². The second kappa shape index (κ2) is 4.67. The van der Waals surface area contributed by atoms with Crippen LogP contribution in [0.3, 0.4) is 0 Å². The quantitative estimate of drug-likeness (QED) is 0.826. The lowest BCUT2D eigenvalue weighted by Gasteiger charge is -2.01. The van der Waals surface area contributed by atoms with Crippen LogP contribution in [0.15, 0.2) is 29.1 Å². The molecule has 6 heteroatoms. The Morgan fingerprint density at radius 1 is 1.25 bits per heavy atom. The van der Waals surface area contributed by atoms with E-state index in [0.717, 1.165) is 12.0 Å². The molecule has 0 aliphatic heterocycles. The van der Waals surface area contributed by atoms with Crippen LogP contribution in [0.25, 0.3) is 0 Å². The predicted molar refractivity (Wildman–Crippen MR) is 65.4 cm³/mol. The third kappa shape index (κ3) is 2.43. The van der Waals surface area contributed by atoms with Crippen molar-refractivity contribution < 1.29 is 0 Å². The number of aromatic nitrogens is 3. The van der Waals surface area contributed by atoms with Crippen molar-refractivity contribution in [2.45, 2.75) is 13.0 Å². The molecule has 0 amide bonds. The minimum Gasteiger partial charge on any atom is -0.272 e. The first-order valence-corrected chi connectivity index (χ1v) is 5.57. The largest absolute Gasteiger partial charge is 0.342 e. The lowest BCUT2D eigenvalue weighted by Crippen LogP contribution is -2.18. The fraction of sp³-hybridized carbons (Fsp3) is 0.200. The molecular formula is C10H10ClN3OS. The molecule has 16 heavy (non-hydrogen) atoms. The van der Waals surface area contributed by atoms with E-state index in [1.807, 2.05) is 24.3 Å². The molecule has 0 aliphatic carbocycles. The van der Waals surface area contributed by atoms with E-state index >= 15 is 0 Å². The molecule has 1 aromatic carbocycles. The van der Waals surface area contributed by atoms with Crippen molar-refractivity contribution in [2.75, 3.05) is 0 Å². The summed E-state index contributed by atoms with van der Waals surface area (Å²) in [5.74, 6) is 0. The maximum Gasteiger partial charge on any atom is 0.342 e. The molecule has 0 fully saturated rings. The summed E-state index contributed by atoms with van der Waals surface area (Å²) < 4.78 is 1.91. The number of hydrogen-bond donors (Lipinski definition) is 2. The smallest absolute Gasteiger partial charge is 0.272 e. The van der Waals surface area contributed by atoms with Gasteiger partial charge in [0.05, 0.1) is 0 Å². The summed E-state index contributed by atoms with van der Waals surface area (Å²) >= 11 is 10.7. The summed E-state index contributed by atoms with van der Waals surface area (Å²) in [5.41, 5.74) is 0.908. The highest BCUT2D eigenvalue weighted by atomic mass is 35.5. The summed E-state index contributed by atoms with van der Waals surface area (Å²) in [6.07, 6.45) is 0.742. The van der Waals surface area contributed by atoms with Crippen molar-refractivity contribution in [3.8, 4) is 0 Å². The van der Waals surface area contributed by atoms with Gasteiger partial charge in [0.15, 0.2) is 4.77 Å². The monoisotopic (exact) mass is 255 g/mol. The van der Waals surface area contributed by atoms with Crippen molar-refractivity contribution in [1.29, 1.82) is 0 Å². The Morgan fingerprint density at radius 3 is 2.50 bits per heavy atom. The molecule has 0 saturated heterocycles. The molecule has 0 saturated carbocycles. The fourth-order valence-electron chi connectivity index (χ4n) is 1.43. The predicted octanol–water partition coefficient (Wildman–Crippen LogP) is 2.13. The van der Waals surface area contributed by atoms with Crippen LogP contribution >= 0.6 is 23.8 Å². The zero-order valence-corrected chi connectivity index (χ0v) is 9.94. The maximum atomic E-state index is 11.3. The lowest BCUT2D eigenvalue weighted by atomic mass is 10.1. The van der Waals surface area contributed by atoms with Crippen LogP contribution in [-0.2, 0) is 13.0 Å². The number of hydrogen-bond acceptors (Lipinski definition) is 2. The number of aryl methyl sites for hydroxylation is 1. The highest BCUT2D eigenvalue weighted by molar-refractivity contribution is 7.71. The minimum absolute atomic E-state index is 0.209. The van der Waals surface area contributed by atoms with E-state index in [-0.39, 0.29) is 5.69 Å². The van der Waals surface area contributed by atoms with Crippen LogP contribution in [0.4, 0.5) is 0 Å². The SMILES string of the molecule is O=c1[nH][nH]c(=S)n1CCc1ccc(Cl)cc1. The topological polar surface area (TPSA) is 53.6 Å². The van der Waals surface area contributed by atoms with E-state index in [4.69, 9.17) is 23.8 Å². The van der Waals surface area contributed by atoms with Gasteiger partial charge in [-0.25, -0.2) is 9.89 Å². The van der Waals surface area contributed by atoms with Crippen LogP contribution in [-0.4, -0.2) is 14.8 Å². The number of benzene rings is 1. The van der Waals surface area contributed by atoms with Gasteiger partial charge >= 0.3 is 5.69 Å². The Bertz CT molecular complexity index is 554. The van der Waals surface area contributed by atoms with Gasteiger partial charge in [-0.05, 0) is 36.3 Å². The normalized spacial score (nSPS) is 10.6. The van der Waals surface area contributed by atoms with Crippen molar-refractivity contribution >= 4 is 23.8 Å². The highest BCUT2D eigenvalue weighted by Gasteiger charge is 2.00. The zero-order chi connectivity index (χ0) is 11.5. The molecule has 0 unspecified atom stereocenters. The number of nitrogens with one attached hydrogen (secondary N) is 2. The van der Waals surface area contributed by atoms with Gasteiger partial charge in [0.25, 0.3) is 0 Å². The Labute approximate surface area is 102 Å². The van der Waals surface area contributed by atoms with Crippen molar-refractivity contribution in [3.63, 3.8) is 0 Å². The Hall–Kier alpha value is -1.33. The van der Waals surface area contributed by atoms with Gasteiger partial charge in [0.2, 0.25) is 0 Å². The second-order valence-corrected chi connectivity index (χ2v) is 4.21. The molecule has 0 spiro atoms. The molecule has 1 aromatic heterocycles. The first-order valence-electron chi connectivity index (χ1n) is 4.79. The van der Waals surface area contributed by atoms with Gasteiger partial charge in [-0.15, -0.1) is 0 Å². The van der Waals surface area contributed by atoms with Gasteiger partial charge in [-0.1, -0.05) is 23.7 Å². The van der Waals surface area contributed by atoms with Gasteiger partial charge < -0.3 is 0 Å². The number of H-pyrrole nitrogens is 2. The molecule has 2 rings (SSSR count). The third-order valence-corrected chi connectivity index (χ3v) is 2.88. The van der Waals surface area contributed by atoms with E-state index in [2.05, 4.69) is 10.2 Å².